The average Bonchev–Trinajstić information content (AvgIpc) is 2.76. The molecule has 1 aromatic heterocycles. The average molecular weight is 272 g/mol. The van der Waals surface area contributed by atoms with Gasteiger partial charge >= 0.3 is 0 Å². The molecule has 1 N–H and O–H groups in total. The first-order valence-electron chi connectivity index (χ1n) is 6.02. The smallest absolute Gasteiger partial charge is 0.178 e. The van der Waals surface area contributed by atoms with Gasteiger partial charge in [0.05, 0.1) is 9.21 Å². The third-order valence-corrected chi connectivity index (χ3v) is 4.93. The molecule has 4 heteroatoms. The molecule has 1 aliphatic rings. The van der Waals surface area contributed by atoms with Crippen molar-refractivity contribution < 1.29 is 4.79 Å². The van der Waals surface area contributed by atoms with E-state index >= 15 is 0 Å². The molecule has 2 heterocycles. The lowest BCUT2D eigenvalue weighted by molar-refractivity contribution is 0.0713. The molecule has 1 atom stereocenters. The zero-order valence-electron chi connectivity index (χ0n) is 10.3. The monoisotopic (exact) mass is 271 g/mol. The summed E-state index contributed by atoms with van der Waals surface area (Å²) in [4.78, 5) is 13.3. The Hall–Kier alpha value is -0.380. The summed E-state index contributed by atoms with van der Waals surface area (Å²) < 4.78 is 0.686. The number of ketones is 1. The van der Waals surface area contributed by atoms with E-state index < -0.39 is 0 Å². The van der Waals surface area contributed by atoms with Crippen molar-refractivity contribution in [1.82, 2.24) is 5.32 Å². The fraction of sp³-hybridized carbons (Fsp3) is 0.615. The standard InChI is InChI=1S/C13H18ClNOS/c1-13(2,9-4-3-7-15-8-9)12(16)10-5-6-11(14)17-10/h5-6,9,15H,3-4,7-8H2,1-2H3. The van der Waals surface area contributed by atoms with Gasteiger partial charge in [0.25, 0.3) is 0 Å². The molecule has 0 aliphatic carbocycles. The van der Waals surface area contributed by atoms with Gasteiger partial charge in [-0.25, -0.2) is 0 Å². The van der Waals surface area contributed by atoms with E-state index in [4.69, 9.17) is 11.6 Å². The van der Waals surface area contributed by atoms with Crippen molar-refractivity contribution in [3.8, 4) is 0 Å². The van der Waals surface area contributed by atoms with Gasteiger partial charge in [0.2, 0.25) is 0 Å². The molecule has 0 amide bonds. The molecule has 1 saturated heterocycles. The fourth-order valence-corrected chi connectivity index (χ4v) is 3.56. The number of carbonyl (C=O) groups is 1. The molecular weight excluding hydrogens is 254 g/mol. The summed E-state index contributed by atoms with van der Waals surface area (Å²) in [6, 6.07) is 3.64. The molecule has 2 nitrogen and oxygen atoms in total. The van der Waals surface area contributed by atoms with Crippen LogP contribution in [0.15, 0.2) is 12.1 Å². The number of Topliss-reactive ketones (excluding diaryl/α,β-unsaturated/α-hetero) is 1. The summed E-state index contributed by atoms with van der Waals surface area (Å²) in [5.74, 6) is 0.646. The Balaban J connectivity index is 2.16. The van der Waals surface area contributed by atoms with E-state index in [0.717, 1.165) is 30.8 Å². The van der Waals surface area contributed by atoms with E-state index in [0.29, 0.717) is 10.3 Å². The van der Waals surface area contributed by atoms with Crippen molar-refractivity contribution in [1.29, 1.82) is 0 Å². The third-order valence-electron chi connectivity index (χ3n) is 3.70. The number of piperidine rings is 1. The van der Waals surface area contributed by atoms with Gasteiger partial charge in [0, 0.05) is 5.41 Å². The molecule has 0 spiro atoms. The first-order chi connectivity index (χ1) is 8.01. The number of hydrogen-bond acceptors (Lipinski definition) is 3. The predicted octanol–water partition coefficient (Wildman–Crippen LogP) is 3.61. The Kier molecular flexibility index (Phi) is 3.91. The van der Waals surface area contributed by atoms with Crippen LogP contribution in [0.1, 0.15) is 36.4 Å². The zero-order chi connectivity index (χ0) is 12.5. The number of hydrogen-bond donors (Lipinski definition) is 1. The number of rotatable bonds is 3. The van der Waals surface area contributed by atoms with Crippen LogP contribution in [0.2, 0.25) is 4.34 Å². The maximum Gasteiger partial charge on any atom is 0.178 e. The van der Waals surface area contributed by atoms with Crippen molar-refractivity contribution in [2.45, 2.75) is 26.7 Å². The van der Waals surface area contributed by atoms with Gasteiger partial charge in [0.1, 0.15) is 0 Å². The Morgan fingerprint density at radius 2 is 2.29 bits per heavy atom. The molecular formula is C13H18ClNOS. The molecule has 1 aliphatic heterocycles. The Morgan fingerprint density at radius 3 is 2.82 bits per heavy atom. The first kappa shape index (κ1) is 13.1. The maximum absolute atomic E-state index is 12.5. The van der Waals surface area contributed by atoms with Crippen molar-refractivity contribution >= 4 is 28.7 Å². The SMILES string of the molecule is CC(C)(C(=O)c1ccc(Cl)s1)C1CCCNC1. The van der Waals surface area contributed by atoms with Crippen molar-refractivity contribution in [2.75, 3.05) is 13.1 Å². The molecule has 0 saturated carbocycles. The lowest BCUT2D eigenvalue weighted by Gasteiger charge is -2.35. The van der Waals surface area contributed by atoms with Gasteiger partial charge in [-0.05, 0) is 44.0 Å². The van der Waals surface area contributed by atoms with E-state index in [-0.39, 0.29) is 11.2 Å². The minimum atomic E-state index is -0.304. The maximum atomic E-state index is 12.5. The van der Waals surface area contributed by atoms with Crippen LogP contribution in [0.4, 0.5) is 0 Å². The Morgan fingerprint density at radius 1 is 1.53 bits per heavy atom. The molecule has 1 aromatic rings. The van der Waals surface area contributed by atoms with Crippen LogP contribution in [-0.2, 0) is 0 Å². The quantitative estimate of drug-likeness (QED) is 0.851. The summed E-state index contributed by atoms with van der Waals surface area (Å²) in [5.41, 5.74) is -0.304. The molecule has 94 valence electrons. The highest BCUT2D eigenvalue weighted by Gasteiger charge is 2.38. The van der Waals surface area contributed by atoms with Gasteiger partial charge in [0.15, 0.2) is 5.78 Å². The number of halogens is 1. The summed E-state index contributed by atoms with van der Waals surface area (Å²) in [5, 5.41) is 3.38. The largest absolute Gasteiger partial charge is 0.316 e. The fourth-order valence-electron chi connectivity index (χ4n) is 2.41. The van der Waals surface area contributed by atoms with E-state index in [1.165, 1.54) is 11.3 Å². The minimum Gasteiger partial charge on any atom is -0.316 e. The van der Waals surface area contributed by atoms with Crippen molar-refractivity contribution in [3.63, 3.8) is 0 Å². The molecule has 0 bridgehead atoms. The highest BCUT2D eigenvalue weighted by Crippen LogP contribution is 2.37. The van der Waals surface area contributed by atoms with Crippen molar-refractivity contribution in [3.05, 3.63) is 21.3 Å². The molecule has 0 radical (unpaired) electrons. The summed E-state index contributed by atoms with van der Waals surface area (Å²) in [7, 11) is 0. The summed E-state index contributed by atoms with van der Waals surface area (Å²) in [6.45, 7) is 6.13. The van der Waals surface area contributed by atoms with Crippen LogP contribution >= 0.6 is 22.9 Å². The second kappa shape index (κ2) is 5.09. The highest BCUT2D eigenvalue weighted by atomic mass is 35.5. The van der Waals surface area contributed by atoms with Gasteiger partial charge in [-0.15, -0.1) is 11.3 Å². The lowest BCUT2D eigenvalue weighted by Crippen LogP contribution is -2.42. The first-order valence-corrected chi connectivity index (χ1v) is 7.22. The topological polar surface area (TPSA) is 29.1 Å². The molecule has 17 heavy (non-hydrogen) atoms. The second-order valence-electron chi connectivity index (χ2n) is 5.20. The van der Waals surface area contributed by atoms with Gasteiger partial charge in [-0.2, -0.15) is 0 Å². The van der Waals surface area contributed by atoms with Crippen LogP contribution < -0.4 is 5.32 Å². The predicted molar refractivity (Wildman–Crippen MR) is 73.0 cm³/mol. The Labute approximate surface area is 111 Å². The minimum absolute atomic E-state index is 0.225. The highest BCUT2D eigenvalue weighted by molar-refractivity contribution is 7.18. The number of carbonyl (C=O) groups excluding carboxylic acids is 1. The van der Waals surface area contributed by atoms with Gasteiger partial charge in [-0.3, -0.25) is 4.79 Å². The van der Waals surface area contributed by atoms with E-state index in [1.54, 1.807) is 6.07 Å². The van der Waals surface area contributed by atoms with E-state index in [2.05, 4.69) is 19.2 Å². The second-order valence-corrected chi connectivity index (χ2v) is 6.91. The molecule has 0 aromatic carbocycles. The Bertz CT molecular complexity index is 407. The number of nitrogens with one attached hydrogen (secondary N) is 1. The van der Waals surface area contributed by atoms with Crippen LogP contribution in [0.3, 0.4) is 0 Å². The number of thiophene rings is 1. The van der Waals surface area contributed by atoms with Crippen LogP contribution in [0, 0.1) is 11.3 Å². The van der Waals surface area contributed by atoms with Gasteiger partial charge in [-0.1, -0.05) is 25.4 Å². The summed E-state index contributed by atoms with van der Waals surface area (Å²) >= 11 is 7.28. The third kappa shape index (κ3) is 2.72. The van der Waals surface area contributed by atoms with Crippen LogP contribution in [0.25, 0.3) is 0 Å². The van der Waals surface area contributed by atoms with E-state index in [9.17, 15) is 4.79 Å². The van der Waals surface area contributed by atoms with E-state index in [1.807, 2.05) is 6.07 Å². The summed E-state index contributed by atoms with van der Waals surface area (Å²) in [6.07, 6.45) is 2.29. The molecule has 1 unspecified atom stereocenters. The van der Waals surface area contributed by atoms with Gasteiger partial charge < -0.3 is 5.32 Å². The molecule has 2 rings (SSSR count). The zero-order valence-corrected chi connectivity index (χ0v) is 11.8. The van der Waals surface area contributed by atoms with Crippen LogP contribution in [0.5, 0.6) is 0 Å². The van der Waals surface area contributed by atoms with Crippen LogP contribution in [-0.4, -0.2) is 18.9 Å². The normalized spacial score (nSPS) is 21.5. The van der Waals surface area contributed by atoms with Crippen molar-refractivity contribution in [2.24, 2.45) is 11.3 Å². The lowest BCUT2D eigenvalue weighted by atomic mass is 9.72. The molecule has 1 fully saturated rings.